The molecule has 0 radical (unpaired) electrons. The van der Waals surface area contributed by atoms with Gasteiger partial charge in [0.05, 0.1) is 22.9 Å². The zero-order chi connectivity index (χ0) is 17.0. The standard InChI is InChI=1S/C17H31BO4/c1-12(18-21-15(4,5)16(6,7)22-18)10-11-13-14(2,3)20-17(8,9)19-13/h13H,1,10-11H2,2-9H3. The van der Waals surface area contributed by atoms with Crippen LogP contribution in [0.3, 0.4) is 0 Å². The van der Waals surface area contributed by atoms with E-state index in [0.29, 0.717) is 0 Å². The lowest BCUT2D eigenvalue weighted by Gasteiger charge is -2.32. The lowest BCUT2D eigenvalue weighted by Crippen LogP contribution is -2.41. The van der Waals surface area contributed by atoms with Crippen molar-refractivity contribution in [1.29, 1.82) is 0 Å². The smallest absolute Gasteiger partial charge is 0.400 e. The van der Waals surface area contributed by atoms with Gasteiger partial charge in [-0.1, -0.05) is 0 Å². The van der Waals surface area contributed by atoms with Crippen LogP contribution in [0.25, 0.3) is 0 Å². The van der Waals surface area contributed by atoms with E-state index in [1.165, 1.54) is 0 Å². The van der Waals surface area contributed by atoms with E-state index >= 15 is 0 Å². The summed E-state index contributed by atoms with van der Waals surface area (Å²) < 4.78 is 24.1. The molecule has 2 aliphatic heterocycles. The normalized spacial score (nSPS) is 31.5. The van der Waals surface area contributed by atoms with E-state index in [1.807, 2.05) is 13.8 Å². The molecule has 2 fully saturated rings. The minimum absolute atomic E-state index is 0.0432. The van der Waals surface area contributed by atoms with Crippen molar-refractivity contribution in [2.24, 2.45) is 0 Å². The van der Waals surface area contributed by atoms with Gasteiger partial charge in [0, 0.05) is 0 Å². The summed E-state index contributed by atoms with van der Waals surface area (Å²) in [6, 6.07) is 0. The van der Waals surface area contributed by atoms with Gasteiger partial charge in [0.15, 0.2) is 5.79 Å². The summed E-state index contributed by atoms with van der Waals surface area (Å²) in [5.41, 5.74) is 0.0198. The minimum Gasteiger partial charge on any atom is -0.400 e. The lowest BCUT2D eigenvalue weighted by atomic mass is 9.76. The molecule has 0 aromatic rings. The minimum atomic E-state index is -0.528. The SMILES string of the molecule is C=C(CCC1OC(C)(C)OC1(C)C)B1OC(C)(C)C(C)(C)O1. The summed E-state index contributed by atoms with van der Waals surface area (Å²) in [4.78, 5) is 0. The van der Waals surface area contributed by atoms with Crippen molar-refractivity contribution >= 4 is 7.12 Å². The first-order valence-electron chi connectivity index (χ1n) is 8.17. The summed E-state index contributed by atoms with van der Waals surface area (Å²) in [6.45, 7) is 20.4. The summed E-state index contributed by atoms with van der Waals surface area (Å²) in [7, 11) is -0.344. The van der Waals surface area contributed by atoms with Crippen LogP contribution in [0.1, 0.15) is 68.2 Å². The van der Waals surface area contributed by atoms with E-state index in [4.69, 9.17) is 18.8 Å². The van der Waals surface area contributed by atoms with Gasteiger partial charge in [-0.3, -0.25) is 0 Å². The zero-order valence-electron chi connectivity index (χ0n) is 15.4. The van der Waals surface area contributed by atoms with Crippen LogP contribution in [0.5, 0.6) is 0 Å². The number of ether oxygens (including phenoxy) is 2. The second-order valence-corrected chi connectivity index (χ2v) is 8.50. The molecule has 2 aliphatic rings. The maximum atomic E-state index is 6.04. The first kappa shape index (κ1) is 18.0. The van der Waals surface area contributed by atoms with E-state index in [0.717, 1.165) is 18.3 Å². The van der Waals surface area contributed by atoms with Crippen LogP contribution in [-0.4, -0.2) is 35.8 Å². The third kappa shape index (κ3) is 3.43. The van der Waals surface area contributed by atoms with E-state index in [1.54, 1.807) is 0 Å². The second kappa shape index (κ2) is 5.33. The van der Waals surface area contributed by atoms with Crippen molar-refractivity contribution in [3.8, 4) is 0 Å². The third-order valence-corrected chi connectivity index (χ3v) is 5.02. The topological polar surface area (TPSA) is 36.9 Å². The summed E-state index contributed by atoms with van der Waals surface area (Å²) in [5, 5.41) is 0. The van der Waals surface area contributed by atoms with Crippen molar-refractivity contribution < 1.29 is 18.8 Å². The van der Waals surface area contributed by atoms with Crippen molar-refractivity contribution in [1.82, 2.24) is 0 Å². The van der Waals surface area contributed by atoms with Crippen LogP contribution in [0, 0.1) is 0 Å². The Labute approximate surface area is 135 Å². The van der Waals surface area contributed by atoms with Crippen LogP contribution in [0.2, 0.25) is 0 Å². The highest BCUT2D eigenvalue weighted by Gasteiger charge is 2.52. The fourth-order valence-corrected chi connectivity index (χ4v) is 3.06. The summed E-state index contributed by atoms with van der Waals surface area (Å²) in [5.74, 6) is -0.528. The Kier molecular flexibility index (Phi) is 4.36. The largest absolute Gasteiger partial charge is 0.489 e. The van der Waals surface area contributed by atoms with Crippen LogP contribution < -0.4 is 0 Å². The molecule has 0 saturated carbocycles. The van der Waals surface area contributed by atoms with E-state index < -0.39 is 5.79 Å². The van der Waals surface area contributed by atoms with Gasteiger partial charge in [0.25, 0.3) is 0 Å². The van der Waals surface area contributed by atoms with Crippen LogP contribution in [-0.2, 0) is 18.8 Å². The molecule has 0 aromatic heterocycles. The molecule has 0 amide bonds. The lowest BCUT2D eigenvalue weighted by molar-refractivity contribution is -0.157. The molecule has 2 heterocycles. The van der Waals surface area contributed by atoms with E-state index in [-0.39, 0.29) is 30.0 Å². The molecule has 0 bridgehead atoms. The Hall–Kier alpha value is -0.355. The molecule has 1 atom stereocenters. The van der Waals surface area contributed by atoms with Crippen molar-refractivity contribution in [3.05, 3.63) is 12.1 Å². The number of rotatable bonds is 4. The Balaban J connectivity index is 1.92. The maximum absolute atomic E-state index is 6.04. The first-order valence-corrected chi connectivity index (χ1v) is 8.17. The Morgan fingerprint density at radius 3 is 1.86 bits per heavy atom. The maximum Gasteiger partial charge on any atom is 0.489 e. The average Bonchev–Trinajstić information content (AvgIpc) is 2.64. The Bertz CT molecular complexity index is 438. The Morgan fingerprint density at radius 1 is 0.955 bits per heavy atom. The van der Waals surface area contributed by atoms with Crippen LogP contribution in [0.4, 0.5) is 0 Å². The predicted molar refractivity (Wildman–Crippen MR) is 88.6 cm³/mol. The van der Waals surface area contributed by atoms with Gasteiger partial charge >= 0.3 is 7.12 Å². The first-order chi connectivity index (χ1) is 9.76. The number of hydrogen-bond donors (Lipinski definition) is 0. The molecule has 0 N–H and O–H groups in total. The van der Waals surface area contributed by atoms with Crippen LogP contribution >= 0.6 is 0 Å². The molecule has 1 unspecified atom stereocenters. The van der Waals surface area contributed by atoms with Crippen molar-refractivity contribution in [2.45, 2.75) is 96.9 Å². The molecule has 5 heteroatoms. The molecule has 0 spiro atoms. The van der Waals surface area contributed by atoms with Crippen molar-refractivity contribution in [2.75, 3.05) is 0 Å². The molecule has 22 heavy (non-hydrogen) atoms. The highest BCUT2D eigenvalue weighted by atomic mass is 16.8. The Morgan fingerprint density at radius 2 is 1.45 bits per heavy atom. The van der Waals surface area contributed by atoms with Gasteiger partial charge in [-0.25, -0.2) is 0 Å². The van der Waals surface area contributed by atoms with Crippen molar-refractivity contribution in [3.63, 3.8) is 0 Å². The number of allylic oxidation sites excluding steroid dienone is 1. The molecular formula is C17H31BO4. The van der Waals surface area contributed by atoms with Crippen LogP contribution in [0.15, 0.2) is 12.1 Å². The zero-order valence-corrected chi connectivity index (χ0v) is 15.4. The quantitative estimate of drug-likeness (QED) is 0.738. The monoisotopic (exact) mass is 310 g/mol. The third-order valence-electron chi connectivity index (χ3n) is 5.02. The molecule has 2 rings (SSSR count). The summed E-state index contributed by atoms with van der Waals surface area (Å²) >= 11 is 0. The van der Waals surface area contributed by atoms with Gasteiger partial charge in [-0.15, -0.1) is 6.58 Å². The average molecular weight is 310 g/mol. The highest BCUT2D eigenvalue weighted by Crippen LogP contribution is 2.41. The van der Waals surface area contributed by atoms with Gasteiger partial charge in [-0.2, -0.15) is 0 Å². The van der Waals surface area contributed by atoms with Gasteiger partial charge in [0.2, 0.25) is 0 Å². The molecular weight excluding hydrogens is 279 g/mol. The molecule has 0 aliphatic carbocycles. The van der Waals surface area contributed by atoms with Gasteiger partial charge in [-0.05, 0) is 73.7 Å². The van der Waals surface area contributed by atoms with Gasteiger partial charge < -0.3 is 18.8 Å². The second-order valence-electron chi connectivity index (χ2n) is 8.50. The highest BCUT2D eigenvalue weighted by molar-refractivity contribution is 6.54. The van der Waals surface area contributed by atoms with E-state index in [9.17, 15) is 0 Å². The molecule has 0 aromatic carbocycles. The molecule has 126 valence electrons. The fraction of sp³-hybridized carbons (Fsp3) is 0.882. The molecule has 2 saturated heterocycles. The molecule has 4 nitrogen and oxygen atoms in total. The van der Waals surface area contributed by atoms with Gasteiger partial charge in [0.1, 0.15) is 0 Å². The van der Waals surface area contributed by atoms with E-state index in [2.05, 4.69) is 48.1 Å². The summed E-state index contributed by atoms with van der Waals surface area (Å²) in [6.07, 6.45) is 1.69. The number of hydrogen-bond acceptors (Lipinski definition) is 4. The fourth-order valence-electron chi connectivity index (χ4n) is 3.06. The predicted octanol–water partition coefficient (Wildman–Crippen LogP) is 3.88.